The van der Waals surface area contributed by atoms with Crippen molar-refractivity contribution in [1.82, 2.24) is 18.6 Å². The van der Waals surface area contributed by atoms with Gasteiger partial charge in [-0.15, -0.1) is 0 Å². The van der Waals surface area contributed by atoms with Crippen LogP contribution in [0.3, 0.4) is 0 Å². The molecule has 9 nitrogen and oxygen atoms in total. The summed E-state index contributed by atoms with van der Waals surface area (Å²) in [7, 11) is -3.40. The molecule has 0 aliphatic carbocycles. The maximum absolute atomic E-state index is 12.9. The van der Waals surface area contributed by atoms with E-state index in [-0.39, 0.29) is 0 Å². The lowest BCUT2D eigenvalue weighted by Gasteiger charge is -2.37. The molecule has 0 saturated carbocycles. The minimum Gasteiger partial charge on any atom is -0.464 e. The van der Waals surface area contributed by atoms with Gasteiger partial charge in [0.2, 0.25) is 5.95 Å². The van der Waals surface area contributed by atoms with Crippen LogP contribution < -0.4 is 4.90 Å². The van der Waals surface area contributed by atoms with Gasteiger partial charge in [-0.1, -0.05) is 6.42 Å². The Hall–Kier alpha value is -2.69. The van der Waals surface area contributed by atoms with Crippen LogP contribution in [0.25, 0.3) is 22.8 Å². The lowest BCUT2D eigenvalue weighted by Crippen LogP contribution is -2.54. The molecule has 164 valence electrons. The number of nitrogens with zero attached hydrogens (tertiary/aromatic N) is 5. The van der Waals surface area contributed by atoms with Crippen LogP contribution in [-0.4, -0.2) is 66.3 Å². The van der Waals surface area contributed by atoms with Crippen molar-refractivity contribution in [3.05, 3.63) is 43.0 Å². The van der Waals surface area contributed by atoms with E-state index < -0.39 is 10.2 Å². The molecule has 0 spiro atoms. The van der Waals surface area contributed by atoms with Crippen molar-refractivity contribution in [1.29, 1.82) is 0 Å². The molecule has 31 heavy (non-hydrogen) atoms. The number of anilines is 1. The normalized spacial score (nSPS) is 19.0. The number of piperazine rings is 1. The molecule has 0 N–H and O–H groups in total. The average molecular weight is 444 g/mol. The van der Waals surface area contributed by atoms with Crippen molar-refractivity contribution in [3.8, 4) is 22.8 Å². The van der Waals surface area contributed by atoms with E-state index in [1.165, 1.54) is 0 Å². The molecule has 2 saturated heterocycles. The molecule has 5 rings (SSSR count). The molecule has 2 fully saturated rings. The van der Waals surface area contributed by atoms with Crippen LogP contribution in [0.4, 0.5) is 5.95 Å². The fourth-order valence-electron chi connectivity index (χ4n) is 4.12. The first kappa shape index (κ1) is 20.2. The second-order valence-corrected chi connectivity index (χ2v) is 9.67. The summed E-state index contributed by atoms with van der Waals surface area (Å²) < 4.78 is 40.2. The van der Waals surface area contributed by atoms with E-state index in [4.69, 9.17) is 13.8 Å². The number of rotatable bonds is 5. The van der Waals surface area contributed by atoms with E-state index in [2.05, 4.69) is 4.98 Å². The topological polar surface area (TPSA) is 95.9 Å². The third-order valence-electron chi connectivity index (χ3n) is 5.81. The summed E-state index contributed by atoms with van der Waals surface area (Å²) in [5, 5.41) is 0. The quantitative estimate of drug-likeness (QED) is 0.598. The molecule has 0 bridgehead atoms. The number of hydrogen-bond acceptors (Lipinski definition) is 7. The van der Waals surface area contributed by atoms with Crippen LogP contribution in [0.2, 0.25) is 0 Å². The molecule has 0 aromatic carbocycles. The monoisotopic (exact) mass is 443 g/mol. The SMILES string of the molecule is O=S(=O)(N1CCCCC1)N1CCN(c2ncc(-c3ccco3)c(-c3ccco3)n2)CC1. The van der Waals surface area contributed by atoms with Gasteiger partial charge in [0.1, 0.15) is 11.5 Å². The van der Waals surface area contributed by atoms with Crippen molar-refractivity contribution >= 4 is 16.2 Å². The molecule has 5 heterocycles. The van der Waals surface area contributed by atoms with Gasteiger partial charge < -0.3 is 13.7 Å². The highest BCUT2D eigenvalue weighted by Crippen LogP contribution is 2.32. The van der Waals surface area contributed by atoms with Crippen molar-refractivity contribution in [2.45, 2.75) is 19.3 Å². The Kier molecular flexibility index (Phi) is 5.51. The smallest absolute Gasteiger partial charge is 0.282 e. The van der Waals surface area contributed by atoms with Gasteiger partial charge in [0, 0.05) is 45.5 Å². The predicted molar refractivity (Wildman–Crippen MR) is 116 cm³/mol. The zero-order chi connectivity index (χ0) is 21.3. The minimum atomic E-state index is -3.40. The summed E-state index contributed by atoms with van der Waals surface area (Å²) in [6.45, 7) is 3.13. The molecule has 2 aliphatic heterocycles. The predicted octanol–water partition coefficient (Wildman–Crippen LogP) is 2.85. The van der Waals surface area contributed by atoms with E-state index in [0.717, 1.165) is 24.8 Å². The van der Waals surface area contributed by atoms with Crippen LogP contribution in [0, 0.1) is 0 Å². The van der Waals surface area contributed by atoms with Crippen molar-refractivity contribution < 1.29 is 17.3 Å². The van der Waals surface area contributed by atoms with Gasteiger partial charge in [-0.2, -0.15) is 17.0 Å². The van der Waals surface area contributed by atoms with Gasteiger partial charge in [0.05, 0.1) is 18.1 Å². The fourth-order valence-corrected chi connectivity index (χ4v) is 5.79. The lowest BCUT2D eigenvalue weighted by atomic mass is 10.1. The molecule has 0 radical (unpaired) electrons. The van der Waals surface area contributed by atoms with Gasteiger partial charge >= 0.3 is 0 Å². The largest absolute Gasteiger partial charge is 0.464 e. The molecule has 2 aliphatic rings. The van der Waals surface area contributed by atoms with E-state index in [1.54, 1.807) is 27.3 Å². The number of aromatic nitrogens is 2. The molecule has 3 aromatic rings. The van der Waals surface area contributed by atoms with Crippen molar-refractivity contribution in [3.63, 3.8) is 0 Å². The Morgan fingerprint density at radius 3 is 2.10 bits per heavy atom. The highest BCUT2D eigenvalue weighted by molar-refractivity contribution is 7.86. The van der Waals surface area contributed by atoms with Gasteiger partial charge in [-0.05, 0) is 37.1 Å². The van der Waals surface area contributed by atoms with Gasteiger partial charge in [0.25, 0.3) is 10.2 Å². The summed E-state index contributed by atoms with van der Waals surface area (Å²) in [5.74, 6) is 1.84. The van der Waals surface area contributed by atoms with Crippen LogP contribution >= 0.6 is 0 Å². The zero-order valence-corrected chi connectivity index (χ0v) is 18.0. The Labute approximate surface area is 181 Å². The highest BCUT2D eigenvalue weighted by Gasteiger charge is 2.33. The molecular formula is C21H25N5O4S. The Bertz CT molecular complexity index is 1100. The number of hydrogen-bond donors (Lipinski definition) is 0. The summed E-state index contributed by atoms with van der Waals surface area (Å²) >= 11 is 0. The summed E-state index contributed by atoms with van der Waals surface area (Å²) in [5.41, 5.74) is 1.39. The third-order valence-corrected chi connectivity index (χ3v) is 7.84. The van der Waals surface area contributed by atoms with Crippen molar-refractivity contribution in [2.75, 3.05) is 44.2 Å². The van der Waals surface area contributed by atoms with Crippen molar-refractivity contribution in [2.24, 2.45) is 0 Å². The molecule has 10 heteroatoms. The Morgan fingerprint density at radius 1 is 0.806 bits per heavy atom. The maximum atomic E-state index is 12.9. The summed E-state index contributed by atoms with van der Waals surface area (Å²) in [4.78, 5) is 11.3. The standard InChI is InChI=1S/C21H25N5O4S/c27-31(28,25-8-2-1-3-9-25)26-12-10-24(11-13-26)21-22-16-17(18-6-4-14-29-18)20(23-21)19-7-5-15-30-19/h4-7,14-16H,1-3,8-13H2. The first-order chi connectivity index (χ1) is 15.1. The van der Waals surface area contributed by atoms with E-state index in [9.17, 15) is 8.42 Å². The highest BCUT2D eigenvalue weighted by atomic mass is 32.2. The average Bonchev–Trinajstić information content (AvgIpc) is 3.54. The minimum absolute atomic E-state index is 0.415. The zero-order valence-electron chi connectivity index (χ0n) is 17.2. The van der Waals surface area contributed by atoms with Crippen LogP contribution in [0.5, 0.6) is 0 Å². The van der Waals surface area contributed by atoms with Crippen LogP contribution in [0.1, 0.15) is 19.3 Å². The van der Waals surface area contributed by atoms with E-state index in [0.29, 0.717) is 62.4 Å². The lowest BCUT2D eigenvalue weighted by molar-refractivity contribution is 0.295. The van der Waals surface area contributed by atoms with Gasteiger partial charge in [0.15, 0.2) is 5.76 Å². The number of furan rings is 2. The third kappa shape index (κ3) is 3.98. The first-order valence-electron chi connectivity index (χ1n) is 10.6. The second kappa shape index (κ2) is 8.45. The van der Waals surface area contributed by atoms with Crippen LogP contribution in [-0.2, 0) is 10.2 Å². The van der Waals surface area contributed by atoms with Crippen LogP contribution in [0.15, 0.2) is 51.8 Å². The first-order valence-corrected chi connectivity index (χ1v) is 12.0. The fraction of sp³-hybridized carbons (Fsp3) is 0.429. The van der Waals surface area contributed by atoms with E-state index >= 15 is 0 Å². The molecule has 3 aromatic heterocycles. The second-order valence-electron chi connectivity index (χ2n) is 7.74. The number of piperidine rings is 1. The summed E-state index contributed by atoms with van der Waals surface area (Å²) in [6, 6.07) is 7.33. The van der Waals surface area contributed by atoms with E-state index in [1.807, 2.05) is 29.2 Å². The molecule has 0 unspecified atom stereocenters. The molecule has 0 atom stereocenters. The molecular weight excluding hydrogens is 418 g/mol. The molecule has 0 amide bonds. The Morgan fingerprint density at radius 2 is 1.45 bits per heavy atom. The Balaban J connectivity index is 1.35. The summed E-state index contributed by atoms with van der Waals surface area (Å²) in [6.07, 6.45) is 7.92. The van der Waals surface area contributed by atoms with Gasteiger partial charge in [-0.25, -0.2) is 9.97 Å². The maximum Gasteiger partial charge on any atom is 0.282 e. The van der Waals surface area contributed by atoms with Gasteiger partial charge in [-0.3, -0.25) is 0 Å².